The summed E-state index contributed by atoms with van der Waals surface area (Å²) in [6, 6.07) is 14.6. The van der Waals surface area contributed by atoms with Crippen LogP contribution in [-0.4, -0.2) is 5.91 Å². The number of hydrogen-bond donors (Lipinski definition) is 2. The van der Waals surface area contributed by atoms with Crippen molar-refractivity contribution >= 4 is 11.6 Å². The number of anilines is 1. The minimum absolute atomic E-state index is 0.196. The molecule has 3 heteroatoms. The van der Waals surface area contributed by atoms with Gasteiger partial charge >= 0.3 is 0 Å². The Bertz CT molecular complexity index is 579. The first-order chi connectivity index (χ1) is 9.08. The van der Waals surface area contributed by atoms with Crippen molar-refractivity contribution < 1.29 is 4.79 Å². The lowest BCUT2D eigenvalue weighted by atomic mass is 10.1. The fraction of sp³-hybridized carbons (Fsp3) is 0.188. The van der Waals surface area contributed by atoms with Gasteiger partial charge in [-0.2, -0.15) is 0 Å². The van der Waals surface area contributed by atoms with Crippen molar-refractivity contribution in [3.05, 3.63) is 65.2 Å². The van der Waals surface area contributed by atoms with Crippen molar-refractivity contribution in [3.63, 3.8) is 0 Å². The summed E-state index contributed by atoms with van der Waals surface area (Å²) in [4.78, 5) is 12.1. The van der Waals surface area contributed by atoms with Gasteiger partial charge in [-0.3, -0.25) is 4.79 Å². The SMILES string of the molecule is Cc1ccc(NC(=O)[C@@H](N)c2ccccc2)c(C)c1. The second-order valence-corrected chi connectivity index (χ2v) is 4.70. The topological polar surface area (TPSA) is 55.1 Å². The summed E-state index contributed by atoms with van der Waals surface area (Å²) in [6.07, 6.45) is 0. The van der Waals surface area contributed by atoms with E-state index in [0.717, 1.165) is 16.8 Å². The van der Waals surface area contributed by atoms with Crippen LogP contribution in [-0.2, 0) is 4.79 Å². The molecule has 0 aliphatic carbocycles. The molecule has 2 rings (SSSR count). The smallest absolute Gasteiger partial charge is 0.245 e. The normalized spacial score (nSPS) is 11.9. The van der Waals surface area contributed by atoms with Crippen LogP contribution in [0.15, 0.2) is 48.5 Å². The molecule has 0 saturated heterocycles. The third-order valence-electron chi connectivity index (χ3n) is 3.08. The molecule has 2 aromatic carbocycles. The van der Waals surface area contributed by atoms with E-state index in [2.05, 4.69) is 5.32 Å². The van der Waals surface area contributed by atoms with Gasteiger partial charge in [0, 0.05) is 5.69 Å². The summed E-state index contributed by atoms with van der Waals surface area (Å²) in [6.45, 7) is 3.99. The van der Waals surface area contributed by atoms with Gasteiger partial charge in [0.1, 0.15) is 6.04 Å². The molecule has 0 bridgehead atoms. The third-order valence-corrected chi connectivity index (χ3v) is 3.08. The first-order valence-electron chi connectivity index (χ1n) is 6.26. The van der Waals surface area contributed by atoms with E-state index in [1.807, 2.05) is 62.4 Å². The number of nitrogens with one attached hydrogen (secondary N) is 1. The number of hydrogen-bond acceptors (Lipinski definition) is 2. The van der Waals surface area contributed by atoms with E-state index in [1.165, 1.54) is 5.56 Å². The van der Waals surface area contributed by atoms with Gasteiger partial charge in [0.25, 0.3) is 0 Å². The number of nitrogens with two attached hydrogens (primary N) is 1. The maximum Gasteiger partial charge on any atom is 0.245 e. The zero-order valence-corrected chi connectivity index (χ0v) is 11.2. The van der Waals surface area contributed by atoms with Gasteiger partial charge in [0.05, 0.1) is 0 Å². The fourth-order valence-electron chi connectivity index (χ4n) is 1.98. The fourth-order valence-corrected chi connectivity index (χ4v) is 1.98. The minimum Gasteiger partial charge on any atom is -0.324 e. The van der Waals surface area contributed by atoms with Crippen molar-refractivity contribution in [1.82, 2.24) is 0 Å². The van der Waals surface area contributed by atoms with E-state index in [0.29, 0.717) is 0 Å². The van der Waals surface area contributed by atoms with E-state index >= 15 is 0 Å². The Balaban J connectivity index is 2.13. The quantitative estimate of drug-likeness (QED) is 0.884. The van der Waals surface area contributed by atoms with Gasteiger partial charge < -0.3 is 11.1 Å². The Morgan fingerprint density at radius 3 is 2.42 bits per heavy atom. The highest BCUT2D eigenvalue weighted by Gasteiger charge is 2.16. The van der Waals surface area contributed by atoms with E-state index in [-0.39, 0.29) is 5.91 Å². The second-order valence-electron chi connectivity index (χ2n) is 4.70. The zero-order valence-electron chi connectivity index (χ0n) is 11.2. The minimum atomic E-state index is -0.651. The molecule has 0 saturated carbocycles. The molecule has 3 nitrogen and oxygen atoms in total. The number of rotatable bonds is 3. The molecular weight excluding hydrogens is 236 g/mol. The maximum absolute atomic E-state index is 12.1. The number of carbonyl (C=O) groups is 1. The molecular formula is C16H18N2O. The van der Waals surface area contributed by atoms with E-state index in [1.54, 1.807) is 0 Å². The van der Waals surface area contributed by atoms with Crippen LogP contribution < -0.4 is 11.1 Å². The van der Waals surface area contributed by atoms with Crippen LogP contribution in [0.2, 0.25) is 0 Å². The van der Waals surface area contributed by atoms with Gasteiger partial charge in [0.2, 0.25) is 5.91 Å². The first-order valence-corrected chi connectivity index (χ1v) is 6.26. The lowest BCUT2D eigenvalue weighted by Gasteiger charge is -2.14. The lowest BCUT2D eigenvalue weighted by Crippen LogP contribution is -2.27. The summed E-state index contributed by atoms with van der Waals surface area (Å²) < 4.78 is 0. The van der Waals surface area contributed by atoms with Crippen molar-refractivity contribution in [2.45, 2.75) is 19.9 Å². The second kappa shape index (κ2) is 5.67. The number of carbonyl (C=O) groups excluding carboxylic acids is 1. The molecule has 2 aromatic rings. The summed E-state index contributed by atoms with van der Waals surface area (Å²) >= 11 is 0. The Kier molecular flexibility index (Phi) is 3.97. The molecule has 19 heavy (non-hydrogen) atoms. The van der Waals surface area contributed by atoms with Crippen LogP contribution in [0.5, 0.6) is 0 Å². The monoisotopic (exact) mass is 254 g/mol. The van der Waals surface area contributed by atoms with E-state index < -0.39 is 6.04 Å². The molecule has 0 aliphatic heterocycles. The van der Waals surface area contributed by atoms with Gasteiger partial charge in [0.15, 0.2) is 0 Å². The molecule has 0 spiro atoms. The number of aryl methyl sites for hydroxylation is 2. The van der Waals surface area contributed by atoms with Gasteiger partial charge in [-0.25, -0.2) is 0 Å². The molecule has 0 heterocycles. The highest BCUT2D eigenvalue weighted by molar-refractivity contribution is 5.96. The third kappa shape index (κ3) is 3.20. The van der Waals surface area contributed by atoms with Crippen molar-refractivity contribution in [1.29, 1.82) is 0 Å². The Morgan fingerprint density at radius 1 is 1.11 bits per heavy atom. The number of amides is 1. The average Bonchev–Trinajstić information content (AvgIpc) is 2.42. The Labute approximate surface area is 113 Å². The van der Waals surface area contributed by atoms with E-state index in [9.17, 15) is 4.79 Å². The molecule has 98 valence electrons. The van der Waals surface area contributed by atoms with Crippen LogP contribution >= 0.6 is 0 Å². The predicted octanol–water partition coefficient (Wildman–Crippen LogP) is 2.94. The highest BCUT2D eigenvalue weighted by Crippen LogP contribution is 2.18. The van der Waals surface area contributed by atoms with Crippen molar-refractivity contribution in [3.8, 4) is 0 Å². The van der Waals surface area contributed by atoms with Crippen LogP contribution in [0.4, 0.5) is 5.69 Å². The summed E-state index contributed by atoms with van der Waals surface area (Å²) in [5, 5.41) is 2.87. The number of benzene rings is 2. The maximum atomic E-state index is 12.1. The van der Waals surface area contributed by atoms with Crippen LogP contribution in [0.1, 0.15) is 22.7 Å². The molecule has 0 aliphatic rings. The van der Waals surface area contributed by atoms with Gasteiger partial charge in [-0.15, -0.1) is 0 Å². The van der Waals surface area contributed by atoms with Crippen molar-refractivity contribution in [2.75, 3.05) is 5.32 Å². The first kappa shape index (κ1) is 13.3. The standard InChI is InChI=1S/C16H18N2O/c1-11-8-9-14(12(2)10-11)18-16(19)15(17)13-6-4-3-5-7-13/h3-10,15H,17H2,1-2H3,(H,18,19)/t15-/m0/s1. The zero-order chi connectivity index (χ0) is 13.8. The van der Waals surface area contributed by atoms with Crippen LogP contribution in [0.3, 0.4) is 0 Å². The highest BCUT2D eigenvalue weighted by atomic mass is 16.2. The molecule has 0 aromatic heterocycles. The average molecular weight is 254 g/mol. The lowest BCUT2D eigenvalue weighted by molar-refractivity contribution is -0.117. The predicted molar refractivity (Wildman–Crippen MR) is 77.9 cm³/mol. The Morgan fingerprint density at radius 2 is 1.79 bits per heavy atom. The summed E-state index contributed by atoms with van der Waals surface area (Å²) in [5.41, 5.74) is 9.78. The van der Waals surface area contributed by atoms with Gasteiger partial charge in [-0.05, 0) is 31.0 Å². The molecule has 1 atom stereocenters. The van der Waals surface area contributed by atoms with E-state index in [4.69, 9.17) is 5.73 Å². The molecule has 1 amide bonds. The van der Waals surface area contributed by atoms with Crippen molar-refractivity contribution in [2.24, 2.45) is 5.73 Å². The van der Waals surface area contributed by atoms with Gasteiger partial charge in [-0.1, -0.05) is 48.0 Å². The van der Waals surface area contributed by atoms with Crippen LogP contribution in [0, 0.1) is 13.8 Å². The molecule has 3 N–H and O–H groups in total. The Hall–Kier alpha value is -2.13. The molecule has 0 radical (unpaired) electrons. The summed E-state index contributed by atoms with van der Waals surface area (Å²) in [7, 11) is 0. The molecule has 0 fully saturated rings. The molecule has 0 unspecified atom stereocenters. The largest absolute Gasteiger partial charge is 0.324 e. The van der Waals surface area contributed by atoms with Crippen LogP contribution in [0.25, 0.3) is 0 Å². The summed E-state index contributed by atoms with van der Waals surface area (Å²) in [5.74, 6) is -0.196.